The molecule has 2 aromatic heterocycles. The fraction of sp³-hybridized carbons (Fsp3) is 0.217. The molecule has 4 aromatic rings. The molecule has 0 aliphatic heterocycles. The van der Waals surface area contributed by atoms with E-state index < -0.39 is 11.9 Å². The summed E-state index contributed by atoms with van der Waals surface area (Å²) in [5.41, 5.74) is 1.40. The third-order valence-corrected chi connectivity index (χ3v) is 4.72. The van der Waals surface area contributed by atoms with Gasteiger partial charge in [-0.25, -0.2) is 4.39 Å². The van der Waals surface area contributed by atoms with Crippen molar-refractivity contribution in [2.75, 3.05) is 20.3 Å². The van der Waals surface area contributed by atoms with Crippen molar-refractivity contribution >= 4 is 11.6 Å². The van der Waals surface area contributed by atoms with Crippen LogP contribution in [0.25, 0.3) is 17.0 Å². The van der Waals surface area contributed by atoms with Gasteiger partial charge in [0.1, 0.15) is 23.9 Å². The Bertz CT molecular complexity index is 1250. The molecule has 0 radical (unpaired) electrons. The highest BCUT2D eigenvalue weighted by Gasteiger charge is 2.15. The van der Waals surface area contributed by atoms with E-state index in [0.29, 0.717) is 17.4 Å². The largest absolute Gasteiger partial charge is 0.497 e. The van der Waals surface area contributed by atoms with Crippen LogP contribution in [0, 0.1) is 5.82 Å². The molecule has 33 heavy (non-hydrogen) atoms. The number of nitrogens with zero attached hydrogens (tertiary/aromatic N) is 4. The van der Waals surface area contributed by atoms with Gasteiger partial charge in [-0.05, 0) is 49.4 Å². The number of aromatic nitrogens is 4. The van der Waals surface area contributed by atoms with E-state index in [4.69, 9.17) is 14.2 Å². The third-order valence-electron chi connectivity index (χ3n) is 4.72. The van der Waals surface area contributed by atoms with Crippen molar-refractivity contribution in [1.29, 1.82) is 0 Å². The van der Waals surface area contributed by atoms with Crippen molar-refractivity contribution in [3.05, 3.63) is 66.5 Å². The second-order valence-corrected chi connectivity index (χ2v) is 7.05. The summed E-state index contributed by atoms with van der Waals surface area (Å²) in [5.74, 6) is 1.17. The Morgan fingerprint density at radius 3 is 2.67 bits per heavy atom. The normalized spacial score (nSPS) is 11.7. The molecule has 9 nitrogen and oxygen atoms in total. The summed E-state index contributed by atoms with van der Waals surface area (Å²) >= 11 is 0. The zero-order valence-electron chi connectivity index (χ0n) is 18.1. The molecule has 0 spiro atoms. The molecular formula is C23H22FN5O4. The third kappa shape index (κ3) is 5.35. The van der Waals surface area contributed by atoms with Crippen molar-refractivity contribution in [3.8, 4) is 28.8 Å². The lowest BCUT2D eigenvalue weighted by Gasteiger charge is -2.15. The number of methoxy groups -OCH3 is 1. The number of hydrogen-bond donors (Lipinski definition) is 1. The molecule has 0 bridgehead atoms. The SMILES string of the molecule is COc1ccc(-c2nnc3ccc(OCCNC(=O)C(C)Oc4cccc(F)c4)nn23)cc1. The van der Waals surface area contributed by atoms with E-state index in [1.165, 1.54) is 18.2 Å². The van der Waals surface area contributed by atoms with Crippen LogP contribution in [0.15, 0.2) is 60.7 Å². The van der Waals surface area contributed by atoms with Gasteiger partial charge in [0.15, 0.2) is 17.6 Å². The molecule has 0 saturated heterocycles. The molecule has 1 unspecified atom stereocenters. The summed E-state index contributed by atoms with van der Waals surface area (Å²) in [7, 11) is 1.60. The van der Waals surface area contributed by atoms with Gasteiger partial charge in [-0.1, -0.05) is 6.07 Å². The van der Waals surface area contributed by atoms with E-state index in [1.54, 1.807) is 36.7 Å². The maximum atomic E-state index is 13.2. The fourth-order valence-corrected chi connectivity index (χ4v) is 3.04. The number of carbonyl (C=O) groups excluding carboxylic acids is 1. The summed E-state index contributed by atoms with van der Waals surface area (Å²) in [4.78, 5) is 12.2. The van der Waals surface area contributed by atoms with Gasteiger partial charge in [-0.3, -0.25) is 4.79 Å². The molecule has 170 valence electrons. The zero-order chi connectivity index (χ0) is 23.2. The molecule has 2 heterocycles. The van der Waals surface area contributed by atoms with E-state index in [0.717, 1.165) is 11.3 Å². The van der Waals surface area contributed by atoms with E-state index in [1.807, 2.05) is 24.3 Å². The minimum absolute atomic E-state index is 0.191. The van der Waals surface area contributed by atoms with Crippen LogP contribution in [-0.4, -0.2) is 52.1 Å². The van der Waals surface area contributed by atoms with Crippen molar-refractivity contribution < 1.29 is 23.4 Å². The number of benzene rings is 2. The fourth-order valence-electron chi connectivity index (χ4n) is 3.04. The summed E-state index contributed by atoms with van der Waals surface area (Å²) < 4.78 is 31.1. The number of rotatable bonds is 9. The molecule has 1 atom stereocenters. The number of amides is 1. The minimum atomic E-state index is -0.787. The average Bonchev–Trinajstić information content (AvgIpc) is 3.25. The summed E-state index contributed by atoms with van der Waals surface area (Å²) in [6.45, 7) is 2.02. The molecule has 1 N–H and O–H groups in total. The van der Waals surface area contributed by atoms with Crippen LogP contribution in [0.1, 0.15) is 6.92 Å². The first-order chi connectivity index (χ1) is 16.0. The van der Waals surface area contributed by atoms with Crippen LogP contribution < -0.4 is 19.5 Å². The maximum absolute atomic E-state index is 13.2. The Morgan fingerprint density at radius 1 is 1.09 bits per heavy atom. The number of fused-ring (bicyclic) bond motifs is 1. The van der Waals surface area contributed by atoms with Crippen LogP contribution in [0.2, 0.25) is 0 Å². The number of ether oxygens (including phenoxy) is 3. The topological polar surface area (TPSA) is 99.9 Å². The van der Waals surface area contributed by atoms with Crippen LogP contribution in [0.3, 0.4) is 0 Å². The quantitative estimate of drug-likeness (QED) is 0.391. The highest BCUT2D eigenvalue weighted by Crippen LogP contribution is 2.22. The van der Waals surface area contributed by atoms with E-state index in [2.05, 4.69) is 20.6 Å². The highest BCUT2D eigenvalue weighted by atomic mass is 19.1. The number of hydrogen-bond acceptors (Lipinski definition) is 7. The Labute approximate surface area is 189 Å². The Kier molecular flexibility index (Phi) is 6.63. The van der Waals surface area contributed by atoms with E-state index in [-0.39, 0.29) is 24.8 Å². The van der Waals surface area contributed by atoms with Crippen LogP contribution >= 0.6 is 0 Å². The molecule has 0 saturated carbocycles. The first kappa shape index (κ1) is 22.0. The number of carbonyl (C=O) groups is 1. The number of nitrogens with one attached hydrogen (secondary N) is 1. The van der Waals surface area contributed by atoms with Crippen molar-refractivity contribution in [2.24, 2.45) is 0 Å². The molecule has 0 aliphatic carbocycles. The lowest BCUT2D eigenvalue weighted by Crippen LogP contribution is -2.38. The summed E-state index contributed by atoms with van der Waals surface area (Å²) in [6.07, 6.45) is -0.787. The Hall–Kier alpha value is -4.21. The van der Waals surface area contributed by atoms with Gasteiger partial charge in [0.05, 0.1) is 13.7 Å². The second-order valence-electron chi connectivity index (χ2n) is 7.05. The summed E-state index contributed by atoms with van der Waals surface area (Å²) in [5, 5.41) is 15.5. The van der Waals surface area contributed by atoms with Crippen LogP contribution in [0.5, 0.6) is 17.4 Å². The molecule has 0 aliphatic rings. The van der Waals surface area contributed by atoms with Crippen LogP contribution in [-0.2, 0) is 4.79 Å². The lowest BCUT2D eigenvalue weighted by molar-refractivity contribution is -0.127. The Balaban J connectivity index is 1.32. The molecule has 1 amide bonds. The first-order valence-corrected chi connectivity index (χ1v) is 10.2. The van der Waals surface area contributed by atoms with E-state index in [9.17, 15) is 9.18 Å². The minimum Gasteiger partial charge on any atom is -0.497 e. The molecule has 4 rings (SSSR count). The second kappa shape index (κ2) is 9.94. The first-order valence-electron chi connectivity index (χ1n) is 10.2. The summed E-state index contributed by atoms with van der Waals surface area (Å²) in [6, 6.07) is 16.5. The van der Waals surface area contributed by atoms with Gasteiger partial charge >= 0.3 is 0 Å². The molecule has 0 fully saturated rings. The lowest BCUT2D eigenvalue weighted by atomic mass is 10.2. The van der Waals surface area contributed by atoms with Gasteiger partial charge in [0.2, 0.25) is 5.88 Å². The van der Waals surface area contributed by atoms with Gasteiger partial charge in [0, 0.05) is 17.7 Å². The van der Waals surface area contributed by atoms with Crippen molar-refractivity contribution in [3.63, 3.8) is 0 Å². The van der Waals surface area contributed by atoms with Gasteiger partial charge in [-0.15, -0.1) is 15.3 Å². The molecule has 10 heteroatoms. The van der Waals surface area contributed by atoms with Crippen molar-refractivity contribution in [1.82, 2.24) is 25.1 Å². The molecular weight excluding hydrogens is 429 g/mol. The zero-order valence-corrected chi connectivity index (χ0v) is 18.1. The van der Waals surface area contributed by atoms with Crippen LogP contribution in [0.4, 0.5) is 4.39 Å². The smallest absolute Gasteiger partial charge is 0.260 e. The Morgan fingerprint density at radius 2 is 1.91 bits per heavy atom. The average molecular weight is 451 g/mol. The highest BCUT2D eigenvalue weighted by molar-refractivity contribution is 5.80. The monoisotopic (exact) mass is 451 g/mol. The van der Waals surface area contributed by atoms with Gasteiger partial charge < -0.3 is 19.5 Å². The molecule has 2 aromatic carbocycles. The number of halogens is 1. The van der Waals surface area contributed by atoms with Gasteiger partial charge in [-0.2, -0.15) is 4.52 Å². The van der Waals surface area contributed by atoms with Crippen molar-refractivity contribution in [2.45, 2.75) is 13.0 Å². The maximum Gasteiger partial charge on any atom is 0.260 e. The predicted molar refractivity (Wildman–Crippen MR) is 118 cm³/mol. The van der Waals surface area contributed by atoms with Gasteiger partial charge in [0.25, 0.3) is 5.91 Å². The van der Waals surface area contributed by atoms with E-state index >= 15 is 0 Å². The standard InChI is InChI=1S/C23H22FN5O4/c1-15(33-19-5-3-4-17(24)14-19)23(30)25-12-13-32-21-11-10-20-26-27-22(29(20)28-21)16-6-8-18(31-2)9-7-16/h3-11,14-15H,12-13H2,1-2H3,(H,25,30). The predicted octanol–water partition coefficient (Wildman–Crippen LogP) is 2.90.